The van der Waals surface area contributed by atoms with E-state index in [1.807, 2.05) is 4.90 Å². The normalized spacial score (nSPS) is 15.6. The van der Waals surface area contributed by atoms with E-state index < -0.39 is 0 Å². The minimum absolute atomic E-state index is 0.0306. The van der Waals surface area contributed by atoms with Crippen molar-refractivity contribution in [2.24, 2.45) is 5.92 Å². The van der Waals surface area contributed by atoms with Crippen LogP contribution in [0.2, 0.25) is 0 Å². The number of nitrogens with zero attached hydrogens (tertiary/aromatic N) is 2. The van der Waals surface area contributed by atoms with Crippen LogP contribution in [0, 0.1) is 11.7 Å². The van der Waals surface area contributed by atoms with Crippen LogP contribution in [0.4, 0.5) is 14.9 Å². The van der Waals surface area contributed by atoms with E-state index in [4.69, 9.17) is 0 Å². The quantitative estimate of drug-likeness (QED) is 0.695. The molecule has 1 fully saturated rings. The Labute approximate surface area is 161 Å². The number of hydrogen-bond donors (Lipinski definition) is 1. The lowest BCUT2D eigenvalue weighted by Crippen LogP contribution is -2.52. The number of piperazine rings is 1. The van der Waals surface area contributed by atoms with Gasteiger partial charge in [-0.1, -0.05) is 33.1 Å². The minimum atomic E-state index is -0.387. The summed E-state index contributed by atoms with van der Waals surface area (Å²) in [6.07, 6.45) is 4.59. The molecule has 1 atom stereocenters. The lowest BCUT2D eigenvalue weighted by atomic mass is 9.99. The number of carbonyl (C=O) groups is 2. The average Bonchev–Trinajstić information content (AvgIpc) is 2.68. The molecule has 0 aromatic heterocycles. The molecule has 1 aromatic carbocycles. The van der Waals surface area contributed by atoms with Crippen molar-refractivity contribution in [1.82, 2.24) is 10.2 Å². The number of ketones is 1. The van der Waals surface area contributed by atoms with Crippen LogP contribution in [0.25, 0.3) is 0 Å². The first-order valence-corrected chi connectivity index (χ1v) is 10.0. The highest BCUT2D eigenvalue weighted by Crippen LogP contribution is 2.22. The second-order valence-electron chi connectivity index (χ2n) is 7.30. The van der Waals surface area contributed by atoms with Gasteiger partial charge in [0.25, 0.3) is 0 Å². The largest absolute Gasteiger partial charge is 0.366 e. The maximum atomic E-state index is 14.3. The van der Waals surface area contributed by atoms with Gasteiger partial charge < -0.3 is 15.1 Å². The first-order valence-electron chi connectivity index (χ1n) is 10.0. The van der Waals surface area contributed by atoms with Gasteiger partial charge in [0.1, 0.15) is 5.82 Å². The zero-order valence-electron chi connectivity index (χ0n) is 16.8. The van der Waals surface area contributed by atoms with Crippen molar-refractivity contribution in [2.75, 3.05) is 37.6 Å². The molecule has 1 N–H and O–H groups in total. The van der Waals surface area contributed by atoms with Crippen molar-refractivity contribution in [1.29, 1.82) is 0 Å². The molecular weight excluding hydrogens is 345 g/mol. The minimum Gasteiger partial charge on any atom is -0.366 e. The second kappa shape index (κ2) is 10.3. The zero-order valence-corrected chi connectivity index (χ0v) is 16.8. The predicted molar refractivity (Wildman–Crippen MR) is 107 cm³/mol. The Hall–Kier alpha value is -2.11. The molecule has 5 nitrogen and oxygen atoms in total. The van der Waals surface area contributed by atoms with Gasteiger partial charge in [0.2, 0.25) is 0 Å². The van der Waals surface area contributed by atoms with Crippen LogP contribution < -0.4 is 10.2 Å². The zero-order chi connectivity index (χ0) is 19.8. The molecule has 1 aliphatic rings. The summed E-state index contributed by atoms with van der Waals surface area (Å²) in [6, 6.07) is 4.57. The van der Waals surface area contributed by atoms with E-state index in [9.17, 15) is 14.0 Å². The van der Waals surface area contributed by atoms with Crippen molar-refractivity contribution in [3.8, 4) is 0 Å². The number of carbonyl (C=O) groups excluding carboxylic acids is 2. The average molecular weight is 378 g/mol. The highest BCUT2D eigenvalue weighted by Gasteiger charge is 2.23. The van der Waals surface area contributed by atoms with Crippen LogP contribution >= 0.6 is 0 Å². The number of rotatable bonds is 8. The summed E-state index contributed by atoms with van der Waals surface area (Å²) in [6.45, 7) is 8.77. The van der Waals surface area contributed by atoms with Crippen molar-refractivity contribution >= 4 is 17.5 Å². The number of anilines is 1. The molecule has 1 aliphatic heterocycles. The number of urea groups is 1. The molecule has 1 heterocycles. The first kappa shape index (κ1) is 21.2. The van der Waals surface area contributed by atoms with Gasteiger partial charge in [-0.3, -0.25) is 4.79 Å². The summed E-state index contributed by atoms with van der Waals surface area (Å²) in [4.78, 5) is 27.5. The Morgan fingerprint density at radius 3 is 2.44 bits per heavy atom. The van der Waals surface area contributed by atoms with Crippen LogP contribution in [-0.4, -0.2) is 49.4 Å². The fourth-order valence-corrected chi connectivity index (χ4v) is 3.42. The SMILES string of the molecule is CCCCC(CC)CNC(=O)N1CCN(c2ccc(C(C)=O)cc2F)CC1. The fraction of sp³-hybridized carbons (Fsp3) is 0.619. The van der Waals surface area contributed by atoms with Crippen LogP contribution in [0.1, 0.15) is 56.8 Å². The van der Waals surface area contributed by atoms with E-state index >= 15 is 0 Å². The van der Waals surface area contributed by atoms with Gasteiger partial charge in [0.05, 0.1) is 5.69 Å². The molecule has 1 unspecified atom stereocenters. The number of benzene rings is 1. The third kappa shape index (κ3) is 5.94. The molecule has 6 heteroatoms. The number of unbranched alkanes of at least 4 members (excludes halogenated alkanes) is 1. The molecule has 150 valence electrons. The van der Waals surface area contributed by atoms with Crippen LogP contribution in [0.5, 0.6) is 0 Å². The molecule has 2 rings (SSSR count). The monoisotopic (exact) mass is 377 g/mol. The Balaban J connectivity index is 1.84. The standard InChI is InChI=1S/C21H32FN3O2/c1-4-6-7-17(5-2)15-23-21(27)25-12-10-24(11-13-25)20-9-8-18(16(3)26)14-19(20)22/h8-9,14,17H,4-7,10-13,15H2,1-3H3,(H,23,27). The molecule has 1 aromatic rings. The lowest BCUT2D eigenvalue weighted by Gasteiger charge is -2.36. The highest BCUT2D eigenvalue weighted by atomic mass is 19.1. The van der Waals surface area contributed by atoms with E-state index in [2.05, 4.69) is 19.2 Å². The summed E-state index contributed by atoms with van der Waals surface area (Å²) in [7, 11) is 0. The van der Waals surface area contributed by atoms with E-state index in [0.29, 0.717) is 43.3 Å². The predicted octanol–water partition coefficient (Wildman–Crippen LogP) is 4.08. The summed E-state index contributed by atoms with van der Waals surface area (Å²) in [5, 5.41) is 3.06. The van der Waals surface area contributed by atoms with Crippen molar-refractivity contribution < 1.29 is 14.0 Å². The maximum Gasteiger partial charge on any atom is 0.317 e. The Morgan fingerprint density at radius 1 is 1.19 bits per heavy atom. The molecule has 27 heavy (non-hydrogen) atoms. The van der Waals surface area contributed by atoms with E-state index in [1.165, 1.54) is 25.8 Å². The van der Waals surface area contributed by atoms with E-state index in [-0.39, 0.29) is 17.6 Å². The number of Topliss-reactive ketones (excluding diaryl/α,β-unsaturated/α-hetero) is 1. The third-order valence-corrected chi connectivity index (χ3v) is 5.35. The molecule has 0 bridgehead atoms. The molecule has 1 saturated heterocycles. The number of amides is 2. The van der Waals surface area contributed by atoms with Crippen LogP contribution in [0.3, 0.4) is 0 Å². The summed E-state index contributed by atoms with van der Waals surface area (Å²) < 4.78 is 14.3. The molecular formula is C21H32FN3O2. The van der Waals surface area contributed by atoms with Crippen LogP contribution in [0.15, 0.2) is 18.2 Å². The fourth-order valence-electron chi connectivity index (χ4n) is 3.42. The first-order chi connectivity index (χ1) is 13.0. The maximum absolute atomic E-state index is 14.3. The summed E-state index contributed by atoms with van der Waals surface area (Å²) >= 11 is 0. The lowest BCUT2D eigenvalue weighted by molar-refractivity contribution is 0.101. The van der Waals surface area contributed by atoms with Crippen molar-refractivity contribution in [2.45, 2.75) is 46.5 Å². The van der Waals surface area contributed by atoms with Crippen molar-refractivity contribution in [3.63, 3.8) is 0 Å². The van der Waals surface area contributed by atoms with Gasteiger partial charge in [-0.15, -0.1) is 0 Å². The molecule has 2 amide bonds. The molecule has 0 spiro atoms. The van der Waals surface area contributed by atoms with Gasteiger partial charge >= 0.3 is 6.03 Å². The van der Waals surface area contributed by atoms with Gasteiger partial charge in [-0.2, -0.15) is 0 Å². The Bertz CT molecular complexity index is 642. The van der Waals surface area contributed by atoms with E-state index in [0.717, 1.165) is 19.4 Å². The van der Waals surface area contributed by atoms with Crippen LogP contribution in [-0.2, 0) is 0 Å². The van der Waals surface area contributed by atoms with Crippen molar-refractivity contribution in [3.05, 3.63) is 29.6 Å². The number of nitrogens with one attached hydrogen (secondary N) is 1. The third-order valence-electron chi connectivity index (χ3n) is 5.35. The number of halogens is 1. The van der Waals surface area contributed by atoms with Gasteiger partial charge in [-0.25, -0.2) is 9.18 Å². The topological polar surface area (TPSA) is 52.7 Å². The molecule has 0 aliphatic carbocycles. The highest BCUT2D eigenvalue weighted by molar-refractivity contribution is 5.94. The van der Waals surface area contributed by atoms with Gasteiger partial charge in [0, 0.05) is 38.3 Å². The molecule has 0 radical (unpaired) electrons. The number of hydrogen-bond acceptors (Lipinski definition) is 3. The van der Waals surface area contributed by atoms with Gasteiger partial charge in [0.15, 0.2) is 5.78 Å². The second-order valence-corrected chi connectivity index (χ2v) is 7.30. The van der Waals surface area contributed by atoms with Gasteiger partial charge in [-0.05, 0) is 37.5 Å². The Kier molecular flexibility index (Phi) is 8.07. The molecule has 0 saturated carbocycles. The van der Waals surface area contributed by atoms with E-state index in [1.54, 1.807) is 17.0 Å². The summed E-state index contributed by atoms with van der Waals surface area (Å²) in [5.74, 6) is -0.00218. The summed E-state index contributed by atoms with van der Waals surface area (Å²) in [5.41, 5.74) is 0.869. The smallest absolute Gasteiger partial charge is 0.317 e. The Morgan fingerprint density at radius 2 is 1.89 bits per heavy atom.